The average molecular weight is 207 g/mol. The van der Waals surface area contributed by atoms with Crippen LogP contribution in [0.2, 0.25) is 0 Å². The third-order valence-corrected chi connectivity index (χ3v) is 2.59. The van der Waals surface area contributed by atoms with E-state index >= 15 is 0 Å². The Kier molecular flexibility index (Phi) is 5.19. The van der Waals surface area contributed by atoms with Gasteiger partial charge in [-0.25, -0.2) is 0 Å². The zero-order valence-corrected chi connectivity index (χ0v) is 9.92. The summed E-state index contributed by atoms with van der Waals surface area (Å²) in [5.41, 5.74) is 2.41. The summed E-state index contributed by atoms with van der Waals surface area (Å²) in [6, 6.07) is 8.99. The van der Waals surface area contributed by atoms with Gasteiger partial charge in [0, 0.05) is 18.8 Å². The van der Waals surface area contributed by atoms with Crippen molar-refractivity contribution >= 4 is 5.69 Å². The summed E-state index contributed by atoms with van der Waals surface area (Å²) in [6.07, 6.45) is 2.32. The lowest BCUT2D eigenvalue weighted by atomic mass is 10.1. The molecule has 1 aromatic carbocycles. The van der Waals surface area contributed by atoms with Crippen LogP contribution in [0.3, 0.4) is 0 Å². The summed E-state index contributed by atoms with van der Waals surface area (Å²) in [5.74, 6) is 0. The first-order valence-electron chi connectivity index (χ1n) is 5.64. The number of nitrogens with one attached hydrogen (secondary N) is 1. The van der Waals surface area contributed by atoms with E-state index in [1.165, 1.54) is 11.3 Å². The first-order valence-corrected chi connectivity index (χ1v) is 5.64. The smallest absolute Gasteiger partial charge is 0.0713 e. The predicted molar refractivity (Wildman–Crippen MR) is 65.1 cm³/mol. The second kappa shape index (κ2) is 6.46. The molecule has 1 N–H and O–H groups in total. The SMILES string of the molecule is CCC(CC)Nc1cccc(COC)c1. The largest absolute Gasteiger partial charge is 0.382 e. The Labute approximate surface area is 92.6 Å². The first kappa shape index (κ1) is 12.1. The molecule has 0 aromatic heterocycles. The fourth-order valence-corrected chi connectivity index (χ4v) is 1.65. The quantitative estimate of drug-likeness (QED) is 0.771. The van der Waals surface area contributed by atoms with Crippen LogP contribution < -0.4 is 5.32 Å². The van der Waals surface area contributed by atoms with Gasteiger partial charge in [-0.2, -0.15) is 0 Å². The minimum absolute atomic E-state index is 0.572. The van der Waals surface area contributed by atoms with Crippen LogP contribution in [0.4, 0.5) is 5.69 Å². The van der Waals surface area contributed by atoms with E-state index in [1.54, 1.807) is 7.11 Å². The Morgan fingerprint density at radius 2 is 2.00 bits per heavy atom. The first-order chi connectivity index (χ1) is 7.30. The maximum Gasteiger partial charge on any atom is 0.0713 e. The van der Waals surface area contributed by atoms with E-state index < -0.39 is 0 Å². The predicted octanol–water partition coefficient (Wildman–Crippen LogP) is 3.43. The van der Waals surface area contributed by atoms with Gasteiger partial charge in [-0.3, -0.25) is 0 Å². The maximum absolute atomic E-state index is 5.11. The van der Waals surface area contributed by atoms with Crippen molar-refractivity contribution in [2.45, 2.75) is 39.3 Å². The zero-order valence-electron chi connectivity index (χ0n) is 9.92. The van der Waals surface area contributed by atoms with Crippen LogP contribution in [-0.4, -0.2) is 13.2 Å². The van der Waals surface area contributed by atoms with Gasteiger partial charge in [-0.05, 0) is 30.5 Å². The Morgan fingerprint density at radius 3 is 2.60 bits per heavy atom. The van der Waals surface area contributed by atoms with Gasteiger partial charge >= 0.3 is 0 Å². The lowest BCUT2D eigenvalue weighted by Crippen LogP contribution is -2.16. The van der Waals surface area contributed by atoms with Gasteiger partial charge < -0.3 is 10.1 Å². The van der Waals surface area contributed by atoms with Gasteiger partial charge in [-0.15, -0.1) is 0 Å². The van der Waals surface area contributed by atoms with Crippen molar-refractivity contribution < 1.29 is 4.74 Å². The van der Waals surface area contributed by atoms with Gasteiger partial charge in [0.15, 0.2) is 0 Å². The molecule has 0 aliphatic carbocycles. The Bertz CT molecular complexity index is 282. The molecule has 15 heavy (non-hydrogen) atoms. The van der Waals surface area contributed by atoms with Gasteiger partial charge in [0.05, 0.1) is 6.61 Å². The molecule has 0 saturated heterocycles. The molecule has 0 atom stereocenters. The average Bonchev–Trinajstić information content (AvgIpc) is 2.27. The summed E-state index contributed by atoms with van der Waals surface area (Å²) in [6.45, 7) is 5.10. The van der Waals surface area contributed by atoms with Crippen LogP contribution in [0, 0.1) is 0 Å². The number of hydrogen-bond acceptors (Lipinski definition) is 2. The van der Waals surface area contributed by atoms with E-state index in [0.29, 0.717) is 12.6 Å². The summed E-state index contributed by atoms with van der Waals surface area (Å²) < 4.78 is 5.11. The van der Waals surface area contributed by atoms with Gasteiger partial charge in [0.1, 0.15) is 0 Å². The van der Waals surface area contributed by atoms with Crippen molar-refractivity contribution in [2.75, 3.05) is 12.4 Å². The lowest BCUT2D eigenvalue weighted by Gasteiger charge is -2.16. The highest BCUT2D eigenvalue weighted by molar-refractivity contribution is 5.46. The standard InChI is InChI=1S/C13H21NO/c1-4-12(5-2)14-13-8-6-7-11(9-13)10-15-3/h6-9,12,14H,4-5,10H2,1-3H3. The van der Waals surface area contributed by atoms with Crippen LogP contribution in [0.5, 0.6) is 0 Å². The molecular weight excluding hydrogens is 186 g/mol. The molecule has 0 fully saturated rings. The van der Waals surface area contributed by atoms with Crippen LogP contribution in [0.15, 0.2) is 24.3 Å². The highest BCUT2D eigenvalue weighted by Gasteiger charge is 2.02. The van der Waals surface area contributed by atoms with Crippen LogP contribution in [0.25, 0.3) is 0 Å². The maximum atomic E-state index is 5.11. The lowest BCUT2D eigenvalue weighted by molar-refractivity contribution is 0.185. The molecule has 2 heteroatoms. The third-order valence-electron chi connectivity index (χ3n) is 2.59. The minimum Gasteiger partial charge on any atom is -0.382 e. The monoisotopic (exact) mass is 207 g/mol. The zero-order chi connectivity index (χ0) is 11.1. The molecule has 0 unspecified atom stereocenters. The van der Waals surface area contributed by atoms with Crippen LogP contribution >= 0.6 is 0 Å². The van der Waals surface area contributed by atoms with E-state index in [-0.39, 0.29) is 0 Å². The second-order valence-electron chi connectivity index (χ2n) is 3.79. The molecule has 2 nitrogen and oxygen atoms in total. The normalized spacial score (nSPS) is 10.7. The Morgan fingerprint density at radius 1 is 1.27 bits per heavy atom. The highest BCUT2D eigenvalue weighted by atomic mass is 16.5. The summed E-state index contributed by atoms with van der Waals surface area (Å²) in [4.78, 5) is 0. The summed E-state index contributed by atoms with van der Waals surface area (Å²) in [7, 11) is 1.72. The Balaban J connectivity index is 2.64. The molecule has 84 valence electrons. The molecule has 0 amide bonds. The molecule has 1 rings (SSSR count). The third kappa shape index (κ3) is 3.92. The fraction of sp³-hybridized carbons (Fsp3) is 0.538. The van der Waals surface area contributed by atoms with Crippen molar-refractivity contribution in [2.24, 2.45) is 0 Å². The second-order valence-corrected chi connectivity index (χ2v) is 3.79. The molecule has 0 radical (unpaired) electrons. The van der Waals surface area contributed by atoms with Crippen LogP contribution in [0.1, 0.15) is 32.3 Å². The van der Waals surface area contributed by atoms with Gasteiger partial charge in [0.2, 0.25) is 0 Å². The molecule has 0 saturated carbocycles. The number of ether oxygens (including phenoxy) is 1. The van der Waals surface area contributed by atoms with Gasteiger partial charge in [-0.1, -0.05) is 26.0 Å². The van der Waals surface area contributed by atoms with E-state index in [2.05, 4.69) is 43.4 Å². The van der Waals surface area contributed by atoms with Crippen LogP contribution in [-0.2, 0) is 11.3 Å². The molecule has 0 aliphatic heterocycles. The van der Waals surface area contributed by atoms with E-state index in [9.17, 15) is 0 Å². The minimum atomic E-state index is 0.572. The van der Waals surface area contributed by atoms with Crippen molar-refractivity contribution in [1.29, 1.82) is 0 Å². The number of anilines is 1. The summed E-state index contributed by atoms with van der Waals surface area (Å²) in [5, 5.41) is 3.52. The molecule has 1 aromatic rings. The number of methoxy groups -OCH3 is 1. The van der Waals surface area contributed by atoms with E-state index in [1.807, 2.05) is 0 Å². The number of rotatable bonds is 6. The Hall–Kier alpha value is -1.02. The van der Waals surface area contributed by atoms with E-state index in [4.69, 9.17) is 4.74 Å². The van der Waals surface area contributed by atoms with Crippen molar-refractivity contribution in [3.63, 3.8) is 0 Å². The van der Waals surface area contributed by atoms with Crippen molar-refractivity contribution in [1.82, 2.24) is 0 Å². The van der Waals surface area contributed by atoms with Crippen molar-refractivity contribution in [3.05, 3.63) is 29.8 Å². The molecule has 0 heterocycles. The molecule has 0 aliphatic rings. The molecule has 0 spiro atoms. The number of hydrogen-bond donors (Lipinski definition) is 1. The topological polar surface area (TPSA) is 21.3 Å². The molecular formula is C13H21NO. The van der Waals surface area contributed by atoms with Crippen molar-refractivity contribution in [3.8, 4) is 0 Å². The molecule has 0 bridgehead atoms. The highest BCUT2D eigenvalue weighted by Crippen LogP contribution is 2.14. The van der Waals surface area contributed by atoms with Gasteiger partial charge in [0.25, 0.3) is 0 Å². The fourth-order valence-electron chi connectivity index (χ4n) is 1.65. The summed E-state index contributed by atoms with van der Waals surface area (Å²) >= 11 is 0. The number of benzene rings is 1. The van der Waals surface area contributed by atoms with E-state index in [0.717, 1.165) is 12.8 Å².